The maximum absolute atomic E-state index is 12.4. The highest BCUT2D eigenvalue weighted by Crippen LogP contribution is 2.26. The fourth-order valence-electron chi connectivity index (χ4n) is 3.67. The van der Waals surface area contributed by atoms with Crippen molar-refractivity contribution in [1.82, 2.24) is 19.7 Å². The number of likely N-dealkylation sites (tertiary alicyclic amines) is 1. The molecule has 2 aromatic heterocycles. The van der Waals surface area contributed by atoms with Gasteiger partial charge in [0, 0.05) is 62.1 Å². The summed E-state index contributed by atoms with van der Waals surface area (Å²) in [6, 6.07) is 2.13. The zero-order valence-corrected chi connectivity index (χ0v) is 16.7. The Morgan fingerprint density at radius 2 is 1.77 bits per heavy atom. The minimum absolute atomic E-state index is 0.318. The van der Waals surface area contributed by atoms with Crippen LogP contribution < -0.4 is 0 Å². The Morgan fingerprint density at radius 3 is 2.50 bits per heavy atom. The van der Waals surface area contributed by atoms with Gasteiger partial charge in [0.05, 0.1) is 12.2 Å². The second-order valence-corrected chi connectivity index (χ2v) is 8.79. The highest BCUT2D eigenvalue weighted by molar-refractivity contribution is 7.14. The van der Waals surface area contributed by atoms with Crippen LogP contribution in [0.15, 0.2) is 22.2 Å². The van der Waals surface area contributed by atoms with Gasteiger partial charge in [0.1, 0.15) is 5.01 Å². The number of piperidine rings is 1. The van der Waals surface area contributed by atoms with Crippen molar-refractivity contribution in [2.45, 2.75) is 25.8 Å². The van der Waals surface area contributed by atoms with Gasteiger partial charge in [-0.2, -0.15) is 11.3 Å². The highest BCUT2D eigenvalue weighted by Gasteiger charge is 2.23. The summed E-state index contributed by atoms with van der Waals surface area (Å²) in [5.41, 5.74) is 2.39. The standard InChI is InChI=1S/C19H26N4OS2/c24-18(23-5-2-1-3-6-23)13-22-9-7-21(8-10-22)12-17-15-26-19(20-17)16-4-11-25-14-16/h4,11,14-15H,1-3,5-10,12-13H2. The zero-order valence-electron chi connectivity index (χ0n) is 15.1. The van der Waals surface area contributed by atoms with Crippen LogP contribution >= 0.6 is 22.7 Å². The first-order chi connectivity index (χ1) is 12.8. The van der Waals surface area contributed by atoms with E-state index in [1.807, 2.05) is 0 Å². The molecule has 2 fully saturated rings. The molecule has 140 valence electrons. The van der Waals surface area contributed by atoms with Crippen LogP contribution in [0.4, 0.5) is 0 Å². The maximum atomic E-state index is 12.4. The summed E-state index contributed by atoms with van der Waals surface area (Å²) >= 11 is 3.44. The number of thiophene rings is 1. The smallest absolute Gasteiger partial charge is 0.236 e. The van der Waals surface area contributed by atoms with E-state index in [1.165, 1.54) is 24.8 Å². The third kappa shape index (κ3) is 4.52. The predicted octanol–water partition coefficient (Wildman–Crippen LogP) is 3.00. The molecule has 7 heteroatoms. The second kappa shape index (κ2) is 8.61. The van der Waals surface area contributed by atoms with E-state index < -0.39 is 0 Å². The molecule has 4 heterocycles. The van der Waals surface area contributed by atoms with E-state index in [0.29, 0.717) is 12.5 Å². The quantitative estimate of drug-likeness (QED) is 0.787. The number of carbonyl (C=O) groups excluding carboxylic acids is 1. The van der Waals surface area contributed by atoms with E-state index in [2.05, 4.69) is 36.9 Å². The first-order valence-electron chi connectivity index (χ1n) is 9.47. The lowest BCUT2D eigenvalue weighted by Crippen LogP contribution is -2.50. The van der Waals surface area contributed by atoms with E-state index in [9.17, 15) is 4.79 Å². The summed E-state index contributed by atoms with van der Waals surface area (Å²) in [7, 11) is 0. The van der Waals surface area contributed by atoms with Gasteiger partial charge in [0.25, 0.3) is 0 Å². The molecule has 5 nitrogen and oxygen atoms in total. The molecule has 1 amide bonds. The van der Waals surface area contributed by atoms with Crippen molar-refractivity contribution in [3.63, 3.8) is 0 Å². The van der Waals surface area contributed by atoms with Crippen molar-refractivity contribution < 1.29 is 4.79 Å². The molecule has 0 radical (unpaired) electrons. The molecule has 0 atom stereocenters. The maximum Gasteiger partial charge on any atom is 0.236 e. The Labute approximate surface area is 163 Å². The first-order valence-corrected chi connectivity index (χ1v) is 11.3. The third-order valence-electron chi connectivity index (χ3n) is 5.24. The summed E-state index contributed by atoms with van der Waals surface area (Å²) < 4.78 is 0. The lowest BCUT2D eigenvalue weighted by atomic mass is 10.1. The van der Waals surface area contributed by atoms with Crippen LogP contribution in [0.2, 0.25) is 0 Å². The molecule has 2 aliphatic heterocycles. The number of nitrogens with zero attached hydrogens (tertiary/aromatic N) is 4. The van der Waals surface area contributed by atoms with E-state index >= 15 is 0 Å². The minimum Gasteiger partial charge on any atom is -0.342 e. The van der Waals surface area contributed by atoms with Crippen molar-refractivity contribution in [3.8, 4) is 10.6 Å². The molecular weight excluding hydrogens is 364 g/mol. The highest BCUT2D eigenvalue weighted by atomic mass is 32.1. The summed E-state index contributed by atoms with van der Waals surface area (Å²) in [6.45, 7) is 7.38. The van der Waals surface area contributed by atoms with Gasteiger partial charge in [0.15, 0.2) is 0 Å². The molecule has 2 saturated heterocycles. The molecule has 2 aliphatic rings. The molecule has 4 rings (SSSR count). The molecule has 0 aliphatic carbocycles. The van der Waals surface area contributed by atoms with E-state index in [-0.39, 0.29) is 0 Å². The Morgan fingerprint density at radius 1 is 1.00 bits per heavy atom. The van der Waals surface area contributed by atoms with Gasteiger partial charge < -0.3 is 4.90 Å². The lowest BCUT2D eigenvalue weighted by Gasteiger charge is -2.35. The van der Waals surface area contributed by atoms with Crippen molar-refractivity contribution in [2.75, 3.05) is 45.8 Å². The van der Waals surface area contributed by atoms with Gasteiger partial charge in [-0.3, -0.25) is 14.6 Å². The van der Waals surface area contributed by atoms with Crippen molar-refractivity contribution in [1.29, 1.82) is 0 Å². The normalized spacial score (nSPS) is 19.8. The van der Waals surface area contributed by atoms with Crippen LogP contribution in [-0.2, 0) is 11.3 Å². The van der Waals surface area contributed by atoms with Gasteiger partial charge >= 0.3 is 0 Å². The molecule has 26 heavy (non-hydrogen) atoms. The number of amides is 1. The average Bonchev–Trinajstić information content (AvgIpc) is 3.36. The molecule has 0 spiro atoms. The monoisotopic (exact) mass is 390 g/mol. The number of piperazine rings is 1. The summed E-state index contributed by atoms with van der Waals surface area (Å²) in [5, 5.41) is 7.55. The number of rotatable bonds is 5. The summed E-state index contributed by atoms with van der Waals surface area (Å²) in [4.78, 5) is 24.0. The lowest BCUT2D eigenvalue weighted by molar-refractivity contribution is -0.133. The Balaban J connectivity index is 1.23. The van der Waals surface area contributed by atoms with Crippen LogP contribution in [0.1, 0.15) is 25.0 Å². The van der Waals surface area contributed by atoms with E-state index in [1.54, 1.807) is 22.7 Å². The molecule has 0 unspecified atom stereocenters. The Bertz CT molecular complexity index is 701. The Kier molecular flexibility index (Phi) is 5.99. The van der Waals surface area contributed by atoms with Crippen LogP contribution in [0.3, 0.4) is 0 Å². The number of aromatic nitrogens is 1. The molecule has 0 N–H and O–H groups in total. The minimum atomic E-state index is 0.318. The molecule has 0 saturated carbocycles. The third-order valence-corrected chi connectivity index (χ3v) is 6.86. The largest absolute Gasteiger partial charge is 0.342 e. The topological polar surface area (TPSA) is 39.7 Å². The van der Waals surface area contributed by atoms with E-state index in [0.717, 1.165) is 56.5 Å². The molecule has 0 bridgehead atoms. The zero-order chi connectivity index (χ0) is 17.8. The number of hydrogen-bond donors (Lipinski definition) is 0. The van der Waals surface area contributed by atoms with Gasteiger partial charge in [-0.15, -0.1) is 11.3 Å². The van der Waals surface area contributed by atoms with Crippen molar-refractivity contribution in [3.05, 3.63) is 27.9 Å². The average molecular weight is 391 g/mol. The predicted molar refractivity (Wildman–Crippen MR) is 108 cm³/mol. The van der Waals surface area contributed by atoms with Gasteiger partial charge in [-0.25, -0.2) is 4.98 Å². The summed E-state index contributed by atoms with van der Waals surface area (Å²) in [5.74, 6) is 0.318. The van der Waals surface area contributed by atoms with Gasteiger partial charge in [-0.05, 0) is 30.7 Å². The molecular formula is C19H26N4OS2. The van der Waals surface area contributed by atoms with Gasteiger partial charge in [-0.1, -0.05) is 0 Å². The number of thiazole rings is 1. The van der Waals surface area contributed by atoms with E-state index in [4.69, 9.17) is 4.98 Å². The van der Waals surface area contributed by atoms with Crippen molar-refractivity contribution >= 4 is 28.6 Å². The fourth-order valence-corrected chi connectivity index (χ4v) is 5.19. The van der Waals surface area contributed by atoms with Crippen LogP contribution in [0.25, 0.3) is 10.6 Å². The number of hydrogen-bond acceptors (Lipinski definition) is 6. The first kappa shape index (κ1) is 18.1. The molecule has 2 aromatic rings. The molecule has 0 aromatic carbocycles. The fraction of sp³-hybridized carbons (Fsp3) is 0.579. The van der Waals surface area contributed by atoms with Crippen molar-refractivity contribution in [2.24, 2.45) is 0 Å². The van der Waals surface area contributed by atoms with Crippen LogP contribution in [0.5, 0.6) is 0 Å². The van der Waals surface area contributed by atoms with Gasteiger partial charge in [0.2, 0.25) is 5.91 Å². The Hall–Kier alpha value is -1.28. The summed E-state index contributed by atoms with van der Waals surface area (Å²) in [6.07, 6.45) is 3.61. The number of carbonyl (C=O) groups is 1. The van der Waals surface area contributed by atoms with Crippen LogP contribution in [-0.4, -0.2) is 71.4 Å². The van der Waals surface area contributed by atoms with Crippen LogP contribution in [0, 0.1) is 0 Å². The second-order valence-electron chi connectivity index (χ2n) is 7.15. The SMILES string of the molecule is O=C(CN1CCN(Cc2csc(-c3ccsc3)n2)CC1)N1CCCCC1.